The highest BCUT2D eigenvalue weighted by Gasteiger charge is 2.07. The summed E-state index contributed by atoms with van der Waals surface area (Å²) >= 11 is 5.91. The lowest BCUT2D eigenvalue weighted by atomic mass is 10.1. The smallest absolute Gasteiger partial charge is 0.255 e. The second-order valence-electron chi connectivity index (χ2n) is 5.80. The molecule has 26 heavy (non-hydrogen) atoms. The van der Waals surface area contributed by atoms with Crippen molar-refractivity contribution in [3.05, 3.63) is 88.9 Å². The molecule has 0 saturated heterocycles. The van der Waals surface area contributed by atoms with Crippen molar-refractivity contribution in [2.24, 2.45) is 0 Å². The molecule has 0 atom stereocenters. The van der Waals surface area contributed by atoms with Gasteiger partial charge in [0.1, 0.15) is 0 Å². The van der Waals surface area contributed by atoms with E-state index < -0.39 is 0 Å². The Labute approximate surface area is 156 Å². The lowest BCUT2D eigenvalue weighted by Gasteiger charge is -2.10. The van der Waals surface area contributed by atoms with Gasteiger partial charge in [-0.1, -0.05) is 29.8 Å². The van der Waals surface area contributed by atoms with Crippen molar-refractivity contribution in [2.45, 2.75) is 6.92 Å². The molecule has 0 aliphatic heterocycles. The summed E-state index contributed by atoms with van der Waals surface area (Å²) in [5, 5.41) is 6.59. The number of nitrogens with one attached hydrogen (secondary N) is 2. The molecule has 2 N–H and O–H groups in total. The van der Waals surface area contributed by atoms with E-state index in [4.69, 9.17) is 11.6 Å². The number of carbonyl (C=O) groups is 2. The molecule has 3 rings (SSSR count). The third-order valence-corrected chi connectivity index (χ3v) is 4.02. The minimum atomic E-state index is -0.220. The molecule has 0 heterocycles. The van der Waals surface area contributed by atoms with Crippen LogP contribution in [0.5, 0.6) is 0 Å². The molecule has 3 aromatic rings. The molecule has 4 nitrogen and oxygen atoms in total. The molecule has 0 spiro atoms. The number of amides is 1. The van der Waals surface area contributed by atoms with Crippen LogP contribution in [-0.4, -0.2) is 11.7 Å². The Morgan fingerprint density at radius 2 is 1.42 bits per heavy atom. The van der Waals surface area contributed by atoms with E-state index in [2.05, 4.69) is 10.6 Å². The second kappa shape index (κ2) is 7.85. The monoisotopic (exact) mass is 364 g/mol. The zero-order valence-corrected chi connectivity index (χ0v) is 14.9. The van der Waals surface area contributed by atoms with Gasteiger partial charge >= 0.3 is 0 Å². The highest BCUT2D eigenvalue weighted by molar-refractivity contribution is 6.31. The van der Waals surface area contributed by atoms with E-state index in [9.17, 15) is 9.59 Å². The Kier molecular flexibility index (Phi) is 5.34. The maximum absolute atomic E-state index is 12.2. The van der Waals surface area contributed by atoms with Crippen LogP contribution >= 0.6 is 11.6 Å². The highest BCUT2D eigenvalue weighted by Crippen LogP contribution is 2.21. The first-order valence-corrected chi connectivity index (χ1v) is 8.44. The van der Waals surface area contributed by atoms with Crippen LogP contribution < -0.4 is 10.6 Å². The summed E-state index contributed by atoms with van der Waals surface area (Å²) in [5.74, 6) is -0.199. The largest absolute Gasteiger partial charge is 0.356 e. The van der Waals surface area contributed by atoms with Gasteiger partial charge in [-0.15, -0.1) is 0 Å². The fourth-order valence-corrected chi connectivity index (χ4v) is 2.64. The Balaban J connectivity index is 1.68. The number of anilines is 3. The topological polar surface area (TPSA) is 58.2 Å². The summed E-state index contributed by atoms with van der Waals surface area (Å²) in [4.78, 5) is 23.7. The third kappa shape index (κ3) is 4.49. The van der Waals surface area contributed by atoms with Gasteiger partial charge in [-0.3, -0.25) is 9.59 Å². The van der Waals surface area contributed by atoms with E-state index in [1.807, 2.05) is 24.3 Å². The van der Waals surface area contributed by atoms with Gasteiger partial charge in [0, 0.05) is 33.2 Å². The minimum Gasteiger partial charge on any atom is -0.356 e. The number of carbonyl (C=O) groups excluding carboxylic acids is 2. The quantitative estimate of drug-likeness (QED) is 0.584. The lowest BCUT2D eigenvalue weighted by molar-refractivity contribution is 0.101. The molecule has 0 aliphatic carbocycles. The first-order valence-electron chi connectivity index (χ1n) is 8.06. The van der Waals surface area contributed by atoms with Crippen LogP contribution in [0.2, 0.25) is 5.02 Å². The second-order valence-corrected chi connectivity index (χ2v) is 6.24. The standard InChI is InChI=1S/C21H17ClN2O2/c1-14(25)15-4-3-7-20(13-15)23-18-8-10-19(11-9-18)24-21(26)16-5-2-6-17(22)12-16/h2-13,23H,1H3,(H,24,26). The van der Waals surface area contributed by atoms with E-state index >= 15 is 0 Å². The van der Waals surface area contributed by atoms with E-state index in [1.165, 1.54) is 6.92 Å². The van der Waals surface area contributed by atoms with Crippen LogP contribution in [0.3, 0.4) is 0 Å². The minimum absolute atomic E-state index is 0.0210. The molecule has 0 unspecified atom stereocenters. The summed E-state index contributed by atoms with van der Waals surface area (Å²) < 4.78 is 0. The average Bonchev–Trinajstić information content (AvgIpc) is 2.63. The predicted octanol–water partition coefficient (Wildman–Crippen LogP) is 5.54. The van der Waals surface area contributed by atoms with Gasteiger partial charge in [0.25, 0.3) is 5.91 Å². The van der Waals surface area contributed by atoms with E-state index in [0.29, 0.717) is 21.8 Å². The van der Waals surface area contributed by atoms with Crippen molar-refractivity contribution >= 4 is 40.4 Å². The van der Waals surface area contributed by atoms with Crippen LogP contribution in [0.15, 0.2) is 72.8 Å². The fourth-order valence-electron chi connectivity index (χ4n) is 2.45. The van der Waals surface area contributed by atoms with Crippen molar-refractivity contribution in [2.75, 3.05) is 10.6 Å². The lowest BCUT2D eigenvalue weighted by Crippen LogP contribution is -2.11. The SMILES string of the molecule is CC(=O)c1cccc(Nc2ccc(NC(=O)c3cccc(Cl)c3)cc2)c1. The van der Waals surface area contributed by atoms with Crippen LogP contribution in [-0.2, 0) is 0 Å². The van der Waals surface area contributed by atoms with Crippen LogP contribution in [0.25, 0.3) is 0 Å². The molecule has 3 aromatic carbocycles. The average molecular weight is 365 g/mol. The van der Waals surface area contributed by atoms with Crippen LogP contribution in [0.1, 0.15) is 27.6 Å². The summed E-state index contributed by atoms with van der Waals surface area (Å²) in [7, 11) is 0. The number of ketones is 1. The number of halogens is 1. The molecule has 0 aromatic heterocycles. The van der Waals surface area contributed by atoms with Gasteiger partial charge in [-0.25, -0.2) is 0 Å². The molecule has 0 aliphatic rings. The zero-order valence-electron chi connectivity index (χ0n) is 14.1. The molecule has 130 valence electrons. The molecular weight excluding hydrogens is 348 g/mol. The summed E-state index contributed by atoms with van der Waals surface area (Å²) in [6.45, 7) is 1.54. The van der Waals surface area contributed by atoms with Crippen molar-refractivity contribution in [3.8, 4) is 0 Å². The number of hydrogen-bond donors (Lipinski definition) is 2. The highest BCUT2D eigenvalue weighted by atomic mass is 35.5. The molecule has 5 heteroatoms. The number of Topliss-reactive ketones (excluding diaryl/α,β-unsaturated/α-hetero) is 1. The van der Waals surface area contributed by atoms with Gasteiger partial charge in [-0.05, 0) is 61.5 Å². The van der Waals surface area contributed by atoms with Crippen molar-refractivity contribution in [1.82, 2.24) is 0 Å². The van der Waals surface area contributed by atoms with E-state index in [-0.39, 0.29) is 11.7 Å². The maximum atomic E-state index is 12.2. The molecular formula is C21H17ClN2O2. The molecule has 0 saturated carbocycles. The molecule has 0 radical (unpaired) electrons. The number of rotatable bonds is 5. The molecule has 1 amide bonds. The van der Waals surface area contributed by atoms with Gasteiger partial charge in [0.15, 0.2) is 5.78 Å². The zero-order chi connectivity index (χ0) is 18.5. The first kappa shape index (κ1) is 17.7. The van der Waals surface area contributed by atoms with Gasteiger partial charge in [0.05, 0.1) is 0 Å². The predicted molar refractivity (Wildman–Crippen MR) is 106 cm³/mol. The number of benzene rings is 3. The van der Waals surface area contributed by atoms with Gasteiger partial charge in [-0.2, -0.15) is 0 Å². The Hall–Kier alpha value is -3.11. The van der Waals surface area contributed by atoms with Crippen LogP contribution in [0, 0.1) is 0 Å². The molecule has 0 bridgehead atoms. The summed E-state index contributed by atoms with van der Waals surface area (Å²) in [5.41, 5.74) is 3.51. The number of hydrogen-bond acceptors (Lipinski definition) is 3. The van der Waals surface area contributed by atoms with E-state index in [0.717, 1.165) is 11.4 Å². The normalized spacial score (nSPS) is 10.2. The Bertz CT molecular complexity index is 952. The third-order valence-electron chi connectivity index (χ3n) is 3.79. The molecule has 0 fully saturated rings. The van der Waals surface area contributed by atoms with Crippen molar-refractivity contribution in [3.63, 3.8) is 0 Å². The first-order chi connectivity index (χ1) is 12.5. The van der Waals surface area contributed by atoms with E-state index in [1.54, 1.807) is 48.5 Å². The van der Waals surface area contributed by atoms with Gasteiger partial charge in [0.2, 0.25) is 0 Å². The maximum Gasteiger partial charge on any atom is 0.255 e. The van der Waals surface area contributed by atoms with Gasteiger partial charge < -0.3 is 10.6 Å². The van der Waals surface area contributed by atoms with Crippen molar-refractivity contribution in [1.29, 1.82) is 0 Å². The summed E-state index contributed by atoms with van der Waals surface area (Å²) in [6.07, 6.45) is 0. The summed E-state index contributed by atoms with van der Waals surface area (Å²) in [6, 6.07) is 21.4. The Morgan fingerprint density at radius 3 is 2.12 bits per heavy atom. The van der Waals surface area contributed by atoms with Crippen molar-refractivity contribution < 1.29 is 9.59 Å². The Morgan fingerprint density at radius 1 is 0.769 bits per heavy atom. The fraction of sp³-hybridized carbons (Fsp3) is 0.0476. The van der Waals surface area contributed by atoms with Crippen LogP contribution in [0.4, 0.5) is 17.1 Å².